The van der Waals surface area contributed by atoms with Gasteiger partial charge in [0.2, 0.25) is 5.91 Å². The molecular weight excluding hydrogens is 426 g/mol. The van der Waals surface area contributed by atoms with Gasteiger partial charge in [0.25, 0.3) is 0 Å². The molecule has 0 radical (unpaired) electrons. The van der Waals surface area contributed by atoms with Gasteiger partial charge in [-0.05, 0) is 42.7 Å². The fraction of sp³-hybridized carbons (Fsp3) is 0.370. The lowest BCUT2D eigenvalue weighted by atomic mass is 9.92. The SMILES string of the molecule is Cc1cccc(-n2nc(C(C)(C)C)cc2NC(=O)CN(CC(C)C)C(=O)Nc2ccccc2)c1. The molecule has 0 aliphatic heterocycles. The van der Waals surface area contributed by atoms with E-state index in [4.69, 9.17) is 5.10 Å². The minimum absolute atomic E-state index is 0.0688. The third kappa shape index (κ3) is 6.70. The Morgan fingerprint density at radius 2 is 1.71 bits per heavy atom. The number of hydrogen-bond donors (Lipinski definition) is 2. The summed E-state index contributed by atoms with van der Waals surface area (Å²) in [5.41, 5.74) is 3.34. The molecule has 0 unspecified atom stereocenters. The van der Waals surface area contributed by atoms with Crippen molar-refractivity contribution in [1.29, 1.82) is 0 Å². The van der Waals surface area contributed by atoms with Gasteiger partial charge in [-0.3, -0.25) is 4.79 Å². The van der Waals surface area contributed by atoms with Crippen LogP contribution < -0.4 is 10.6 Å². The van der Waals surface area contributed by atoms with E-state index in [0.717, 1.165) is 16.9 Å². The molecule has 0 fully saturated rings. The van der Waals surface area contributed by atoms with Crippen LogP contribution in [0.15, 0.2) is 60.7 Å². The lowest BCUT2D eigenvalue weighted by molar-refractivity contribution is -0.116. The molecule has 0 atom stereocenters. The highest BCUT2D eigenvalue weighted by Gasteiger charge is 2.23. The van der Waals surface area contributed by atoms with Gasteiger partial charge in [0.15, 0.2) is 0 Å². The van der Waals surface area contributed by atoms with Gasteiger partial charge in [-0.1, -0.05) is 65.0 Å². The van der Waals surface area contributed by atoms with Crippen LogP contribution in [0.4, 0.5) is 16.3 Å². The number of para-hydroxylation sites is 1. The van der Waals surface area contributed by atoms with E-state index in [-0.39, 0.29) is 29.8 Å². The summed E-state index contributed by atoms with van der Waals surface area (Å²) in [6, 6.07) is 18.8. The number of nitrogens with zero attached hydrogens (tertiary/aromatic N) is 3. The smallest absolute Gasteiger partial charge is 0.315 e. The van der Waals surface area contributed by atoms with Crippen LogP contribution in [-0.2, 0) is 10.2 Å². The molecule has 0 spiro atoms. The lowest BCUT2D eigenvalue weighted by Crippen LogP contribution is -2.42. The molecule has 0 aliphatic rings. The number of anilines is 2. The van der Waals surface area contributed by atoms with Gasteiger partial charge in [-0.15, -0.1) is 0 Å². The summed E-state index contributed by atoms with van der Waals surface area (Å²) >= 11 is 0. The lowest BCUT2D eigenvalue weighted by Gasteiger charge is -2.24. The van der Waals surface area contributed by atoms with Crippen molar-refractivity contribution in [3.05, 3.63) is 71.9 Å². The van der Waals surface area contributed by atoms with E-state index in [1.54, 1.807) is 4.68 Å². The monoisotopic (exact) mass is 461 g/mol. The van der Waals surface area contributed by atoms with E-state index in [1.807, 2.05) is 81.4 Å². The van der Waals surface area contributed by atoms with Crippen LogP contribution in [0.1, 0.15) is 45.9 Å². The number of carbonyl (C=O) groups is 2. The van der Waals surface area contributed by atoms with Gasteiger partial charge < -0.3 is 15.5 Å². The summed E-state index contributed by atoms with van der Waals surface area (Å²) in [5, 5.41) is 10.6. The van der Waals surface area contributed by atoms with Crippen molar-refractivity contribution in [2.45, 2.75) is 47.0 Å². The number of urea groups is 1. The molecule has 2 aromatic carbocycles. The first kappa shape index (κ1) is 25.0. The maximum atomic E-state index is 13.1. The summed E-state index contributed by atoms with van der Waals surface area (Å²) in [7, 11) is 0. The fourth-order valence-electron chi connectivity index (χ4n) is 3.53. The number of benzene rings is 2. The molecule has 0 aliphatic carbocycles. The Morgan fingerprint density at radius 1 is 1.00 bits per heavy atom. The predicted octanol–water partition coefficient (Wildman–Crippen LogP) is 5.61. The first-order chi connectivity index (χ1) is 16.0. The van der Waals surface area contributed by atoms with Crippen molar-refractivity contribution in [3.63, 3.8) is 0 Å². The number of amides is 3. The van der Waals surface area contributed by atoms with E-state index < -0.39 is 0 Å². The number of rotatable bonds is 7. The van der Waals surface area contributed by atoms with Crippen molar-refractivity contribution in [1.82, 2.24) is 14.7 Å². The quantitative estimate of drug-likeness (QED) is 0.480. The van der Waals surface area contributed by atoms with E-state index >= 15 is 0 Å². The van der Waals surface area contributed by atoms with Crippen LogP contribution in [0.5, 0.6) is 0 Å². The Balaban J connectivity index is 1.82. The van der Waals surface area contributed by atoms with E-state index in [0.29, 0.717) is 18.1 Å². The van der Waals surface area contributed by atoms with Crippen LogP contribution in [-0.4, -0.2) is 39.7 Å². The van der Waals surface area contributed by atoms with Crippen LogP contribution >= 0.6 is 0 Å². The molecule has 7 heteroatoms. The first-order valence-corrected chi connectivity index (χ1v) is 11.6. The Bertz CT molecular complexity index is 1130. The number of carbonyl (C=O) groups excluding carboxylic acids is 2. The molecule has 3 amide bonds. The zero-order valence-electron chi connectivity index (χ0n) is 20.9. The summed E-state index contributed by atoms with van der Waals surface area (Å²) < 4.78 is 1.75. The maximum absolute atomic E-state index is 13.1. The number of aromatic nitrogens is 2. The maximum Gasteiger partial charge on any atom is 0.322 e. The van der Waals surface area contributed by atoms with Gasteiger partial charge in [0, 0.05) is 23.7 Å². The molecule has 3 aromatic rings. The Hall–Kier alpha value is -3.61. The highest BCUT2D eigenvalue weighted by Crippen LogP contribution is 2.26. The number of hydrogen-bond acceptors (Lipinski definition) is 3. The first-order valence-electron chi connectivity index (χ1n) is 11.6. The minimum atomic E-state index is -0.308. The van der Waals surface area contributed by atoms with Crippen molar-refractivity contribution < 1.29 is 9.59 Å². The van der Waals surface area contributed by atoms with Crippen molar-refractivity contribution in [2.24, 2.45) is 5.92 Å². The van der Waals surface area contributed by atoms with Crippen LogP contribution in [0.25, 0.3) is 5.69 Å². The average Bonchev–Trinajstić information content (AvgIpc) is 3.18. The van der Waals surface area contributed by atoms with Gasteiger partial charge >= 0.3 is 6.03 Å². The summed E-state index contributed by atoms with van der Waals surface area (Å²) in [5.74, 6) is 0.506. The Labute approximate surface area is 202 Å². The predicted molar refractivity (Wildman–Crippen MR) is 138 cm³/mol. The molecule has 2 N–H and O–H groups in total. The van der Waals surface area contributed by atoms with E-state index in [1.165, 1.54) is 4.90 Å². The summed E-state index contributed by atoms with van der Waals surface area (Å²) in [6.07, 6.45) is 0. The zero-order chi connectivity index (χ0) is 24.9. The van der Waals surface area contributed by atoms with Gasteiger partial charge in [0.1, 0.15) is 12.4 Å². The molecule has 1 aromatic heterocycles. The average molecular weight is 462 g/mol. The second-order valence-electron chi connectivity index (χ2n) is 10.0. The molecular formula is C27H35N5O2. The molecule has 0 saturated heterocycles. The Kier molecular flexibility index (Phi) is 7.76. The topological polar surface area (TPSA) is 79.3 Å². The van der Waals surface area contributed by atoms with Gasteiger partial charge in [-0.2, -0.15) is 5.10 Å². The van der Waals surface area contributed by atoms with Crippen LogP contribution in [0.2, 0.25) is 0 Å². The molecule has 3 rings (SSSR count). The van der Waals surface area contributed by atoms with E-state index in [2.05, 4.69) is 31.4 Å². The van der Waals surface area contributed by atoms with Gasteiger partial charge in [-0.25, -0.2) is 9.48 Å². The number of aryl methyl sites for hydroxylation is 1. The third-order valence-electron chi connectivity index (χ3n) is 5.22. The van der Waals surface area contributed by atoms with Gasteiger partial charge in [0.05, 0.1) is 11.4 Å². The summed E-state index contributed by atoms with van der Waals surface area (Å²) in [4.78, 5) is 27.5. The van der Waals surface area contributed by atoms with Crippen molar-refractivity contribution in [3.8, 4) is 5.69 Å². The van der Waals surface area contributed by atoms with E-state index in [9.17, 15) is 9.59 Å². The highest BCUT2D eigenvalue weighted by molar-refractivity contribution is 5.96. The molecule has 7 nitrogen and oxygen atoms in total. The standard InChI is InChI=1S/C27H35N5O2/c1-19(2)17-31(26(34)28-21-12-8-7-9-13-21)18-25(33)29-24-16-23(27(4,5)6)30-32(24)22-14-10-11-20(3)15-22/h7-16,19H,17-18H2,1-6H3,(H,28,34)(H,29,33). The molecule has 180 valence electrons. The number of nitrogens with one attached hydrogen (secondary N) is 2. The zero-order valence-corrected chi connectivity index (χ0v) is 20.9. The van der Waals surface area contributed by atoms with Crippen LogP contribution in [0.3, 0.4) is 0 Å². The molecule has 1 heterocycles. The summed E-state index contributed by atoms with van der Waals surface area (Å²) in [6.45, 7) is 12.7. The normalized spacial score (nSPS) is 11.4. The molecule has 0 saturated carbocycles. The highest BCUT2D eigenvalue weighted by atomic mass is 16.2. The molecule has 0 bridgehead atoms. The van der Waals surface area contributed by atoms with Crippen LogP contribution in [0, 0.1) is 12.8 Å². The largest absolute Gasteiger partial charge is 0.322 e. The molecule has 34 heavy (non-hydrogen) atoms. The second kappa shape index (κ2) is 10.5. The Morgan fingerprint density at radius 3 is 2.32 bits per heavy atom. The van der Waals surface area contributed by atoms with Crippen molar-refractivity contribution >= 4 is 23.4 Å². The third-order valence-corrected chi connectivity index (χ3v) is 5.22. The fourth-order valence-corrected chi connectivity index (χ4v) is 3.53. The second-order valence-corrected chi connectivity index (χ2v) is 10.0. The van der Waals surface area contributed by atoms with Crippen molar-refractivity contribution in [2.75, 3.05) is 23.7 Å². The minimum Gasteiger partial charge on any atom is -0.315 e.